The molecule has 1 aromatic carbocycles. The van der Waals surface area contributed by atoms with Crippen LogP contribution in [0.4, 0.5) is 0 Å². The highest BCUT2D eigenvalue weighted by Gasteiger charge is 2.69. The third kappa shape index (κ3) is 5.75. The summed E-state index contributed by atoms with van der Waals surface area (Å²) in [6, 6.07) is 7.63. The maximum atomic E-state index is 11.5. The van der Waals surface area contributed by atoms with Crippen molar-refractivity contribution in [2.75, 3.05) is 32.8 Å². The maximum Gasteiger partial charge on any atom is 0.335 e. The largest absolute Gasteiger partial charge is 0.478 e. The van der Waals surface area contributed by atoms with Crippen LogP contribution in [0.5, 0.6) is 0 Å². The van der Waals surface area contributed by atoms with Crippen LogP contribution < -0.4 is 10.6 Å². The first-order chi connectivity index (χ1) is 21.8. The van der Waals surface area contributed by atoms with E-state index in [1.807, 2.05) is 19.1 Å². The lowest BCUT2D eigenvalue weighted by Gasteiger charge is -2.72. The molecule has 5 heteroatoms. The van der Waals surface area contributed by atoms with E-state index in [0.717, 1.165) is 37.3 Å². The molecule has 7 unspecified atom stereocenters. The number of aliphatic hydroxyl groups excluding tert-OH is 1. The number of carboxylic acids is 1. The zero-order chi connectivity index (χ0) is 33.4. The van der Waals surface area contributed by atoms with Crippen LogP contribution in [-0.4, -0.2) is 49.0 Å². The van der Waals surface area contributed by atoms with Crippen LogP contribution in [0.25, 0.3) is 5.57 Å². The van der Waals surface area contributed by atoms with Crippen LogP contribution >= 0.6 is 0 Å². The van der Waals surface area contributed by atoms with Gasteiger partial charge in [-0.05, 0) is 139 Å². The standard InChI is InChI=1S/C38H58N2O3.C3H6/c1-34(2)28(26-8-10-27(11-9-26)33(42)43)14-17-35(3)31(34)15-18-37(5)32(35)13-12-29-30-7-6-16-38(30,20-19-36(29,37)4)25-40-22-21-39-23-24-41;1-3-2/h8-11,14,29-32,39-41H,6-7,12-13,15-25H2,1-5H3,(H,42,43);3H,1H2,2H3/t29?,30?,31?,32?,35?,36-,37?,38?;/m1./s1. The normalized spacial score (nSPS) is 39.0. The summed E-state index contributed by atoms with van der Waals surface area (Å²) in [5.41, 5.74) is 4.60. The number of hydrogen-bond donors (Lipinski definition) is 4. The van der Waals surface area contributed by atoms with E-state index in [1.54, 1.807) is 18.2 Å². The predicted molar refractivity (Wildman–Crippen MR) is 191 cm³/mol. The van der Waals surface area contributed by atoms with E-state index >= 15 is 0 Å². The summed E-state index contributed by atoms with van der Waals surface area (Å²) in [7, 11) is 0. The van der Waals surface area contributed by atoms with Crippen LogP contribution in [-0.2, 0) is 0 Å². The SMILES string of the molecule is C=CC.CC1(C)C(c2ccc(C(=O)O)cc2)=CCC2(C)C1CCC1(C)C2CCC2C3CCCC3(CNCCNCCO)CC[C@]21C. The second-order valence-corrected chi connectivity index (χ2v) is 17.0. The lowest BCUT2D eigenvalue weighted by atomic mass is 9.32. The fourth-order valence-corrected chi connectivity index (χ4v) is 12.6. The van der Waals surface area contributed by atoms with Gasteiger partial charge in [-0.2, -0.15) is 0 Å². The van der Waals surface area contributed by atoms with Crippen LogP contribution in [0, 0.1) is 50.7 Å². The van der Waals surface area contributed by atoms with Gasteiger partial charge in [0, 0.05) is 26.2 Å². The second-order valence-electron chi connectivity index (χ2n) is 17.0. The van der Waals surface area contributed by atoms with E-state index in [1.165, 1.54) is 75.5 Å². The van der Waals surface area contributed by atoms with Crippen LogP contribution in [0.1, 0.15) is 122 Å². The van der Waals surface area contributed by atoms with Gasteiger partial charge in [0.15, 0.2) is 0 Å². The minimum absolute atomic E-state index is 0.0572. The Morgan fingerprint density at radius 3 is 2.24 bits per heavy atom. The summed E-state index contributed by atoms with van der Waals surface area (Å²) in [4.78, 5) is 11.5. The molecule has 0 heterocycles. The summed E-state index contributed by atoms with van der Waals surface area (Å²) in [5.74, 6) is 2.23. The van der Waals surface area contributed by atoms with E-state index < -0.39 is 5.97 Å². The number of hydrogen-bond acceptors (Lipinski definition) is 4. The van der Waals surface area contributed by atoms with Gasteiger partial charge in [0.05, 0.1) is 12.2 Å². The molecule has 46 heavy (non-hydrogen) atoms. The Morgan fingerprint density at radius 2 is 1.57 bits per heavy atom. The molecule has 5 aliphatic carbocycles. The maximum absolute atomic E-state index is 11.5. The van der Waals surface area contributed by atoms with Crippen molar-refractivity contribution in [3.05, 3.63) is 54.1 Å². The van der Waals surface area contributed by atoms with Gasteiger partial charge in [-0.3, -0.25) is 0 Å². The van der Waals surface area contributed by atoms with Gasteiger partial charge >= 0.3 is 5.97 Å². The van der Waals surface area contributed by atoms with E-state index in [2.05, 4.69) is 57.9 Å². The number of aliphatic hydroxyl groups is 1. The molecule has 4 fully saturated rings. The van der Waals surface area contributed by atoms with Crippen molar-refractivity contribution in [2.45, 2.75) is 106 Å². The van der Waals surface area contributed by atoms with E-state index in [9.17, 15) is 9.90 Å². The van der Waals surface area contributed by atoms with Crippen molar-refractivity contribution >= 4 is 11.5 Å². The summed E-state index contributed by atoms with van der Waals surface area (Å²) < 4.78 is 0. The minimum Gasteiger partial charge on any atom is -0.478 e. The molecule has 0 saturated heterocycles. The van der Waals surface area contributed by atoms with Gasteiger partial charge in [0.25, 0.3) is 0 Å². The van der Waals surface area contributed by atoms with Crippen molar-refractivity contribution in [3.8, 4) is 0 Å². The lowest BCUT2D eigenvalue weighted by Crippen LogP contribution is -2.65. The smallest absolute Gasteiger partial charge is 0.335 e. The Balaban J connectivity index is 0.00000134. The molecule has 0 radical (unpaired) electrons. The van der Waals surface area contributed by atoms with Crippen molar-refractivity contribution in [2.24, 2.45) is 50.7 Å². The zero-order valence-corrected chi connectivity index (χ0v) is 29.9. The van der Waals surface area contributed by atoms with Gasteiger partial charge < -0.3 is 20.8 Å². The third-order valence-corrected chi connectivity index (χ3v) is 14.8. The first-order valence-electron chi connectivity index (χ1n) is 18.5. The topological polar surface area (TPSA) is 81.6 Å². The Kier molecular flexibility index (Phi) is 10.4. The molecule has 4 N–H and O–H groups in total. The molecule has 5 aliphatic rings. The first kappa shape index (κ1) is 35.4. The quantitative estimate of drug-likeness (QED) is 0.162. The average Bonchev–Trinajstić information content (AvgIpc) is 3.44. The number of rotatable bonds is 9. The second kappa shape index (κ2) is 13.5. The molecule has 1 aromatic rings. The Hall–Kier alpha value is -1.95. The molecule has 6 rings (SSSR count). The van der Waals surface area contributed by atoms with Crippen molar-refractivity contribution in [3.63, 3.8) is 0 Å². The minimum atomic E-state index is -0.855. The number of allylic oxidation sites excluding steroid dienone is 3. The predicted octanol–water partition coefficient (Wildman–Crippen LogP) is 8.60. The van der Waals surface area contributed by atoms with Gasteiger partial charge in [0.1, 0.15) is 0 Å². The molecule has 4 saturated carbocycles. The van der Waals surface area contributed by atoms with Crippen LogP contribution in [0.15, 0.2) is 43.0 Å². The monoisotopic (exact) mass is 632 g/mol. The molecule has 256 valence electrons. The molecule has 5 nitrogen and oxygen atoms in total. The first-order valence-corrected chi connectivity index (χ1v) is 18.5. The van der Waals surface area contributed by atoms with Gasteiger partial charge in [-0.1, -0.05) is 65.3 Å². The van der Waals surface area contributed by atoms with Gasteiger partial charge in [-0.15, -0.1) is 6.58 Å². The summed E-state index contributed by atoms with van der Waals surface area (Å²) in [5, 5.41) is 25.7. The zero-order valence-electron chi connectivity index (χ0n) is 29.9. The molecule has 0 amide bonds. The molecule has 0 spiro atoms. The molecule has 0 aliphatic heterocycles. The van der Waals surface area contributed by atoms with E-state index in [4.69, 9.17) is 5.11 Å². The highest BCUT2D eigenvalue weighted by Crippen LogP contribution is 2.77. The molecular weight excluding hydrogens is 568 g/mol. The molecular formula is C41H64N2O3. The number of carbonyl (C=O) groups is 1. The summed E-state index contributed by atoms with van der Waals surface area (Å²) in [6.45, 7) is 22.3. The number of carboxylic acid groups (broad SMARTS) is 1. The number of benzene rings is 1. The highest BCUT2D eigenvalue weighted by molar-refractivity contribution is 5.88. The molecule has 0 aromatic heterocycles. The van der Waals surface area contributed by atoms with Gasteiger partial charge in [-0.25, -0.2) is 4.79 Å². The summed E-state index contributed by atoms with van der Waals surface area (Å²) in [6.07, 6.45) is 17.8. The highest BCUT2D eigenvalue weighted by atomic mass is 16.4. The molecule has 8 atom stereocenters. The number of nitrogens with one attached hydrogen (secondary N) is 2. The molecule has 0 bridgehead atoms. The van der Waals surface area contributed by atoms with E-state index in [0.29, 0.717) is 39.7 Å². The fourth-order valence-electron chi connectivity index (χ4n) is 12.6. The summed E-state index contributed by atoms with van der Waals surface area (Å²) >= 11 is 0. The Bertz CT molecular complexity index is 1270. The number of fused-ring (bicyclic) bond motifs is 7. The van der Waals surface area contributed by atoms with Crippen LogP contribution in [0.2, 0.25) is 0 Å². The van der Waals surface area contributed by atoms with Crippen molar-refractivity contribution in [1.82, 2.24) is 10.6 Å². The Morgan fingerprint density at radius 1 is 0.870 bits per heavy atom. The van der Waals surface area contributed by atoms with Gasteiger partial charge in [0.2, 0.25) is 0 Å². The fraction of sp³-hybridized carbons (Fsp3) is 0.732. The Labute approximate surface area is 280 Å². The lowest BCUT2D eigenvalue weighted by molar-refractivity contribution is -0.222. The van der Waals surface area contributed by atoms with Crippen molar-refractivity contribution < 1.29 is 15.0 Å². The average molecular weight is 633 g/mol. The van der Waals surface area contributed by atoms with E-state index in [-0.39, 0.29) is 12.0 Å². The third-order valence-electron chi connectivity index (χ3n) is 14.8. The number of aromatic carboxylic acids is 1. The van der Waals surface area contributed by atoms with Crippen molar-refractivity contribution in [1.29, 1.82) is 0 Å². The van der Waals surface area contributed by atoms with Crippen LogP contribution in [0.3, 0.4) is 0 Å².